The number of rotatable bonds is 5. The van der Waals surface area contributed by atoms with E-state index in [2.05, 4.69) is 10.6 Å². The molecule has 1 atom stereocenters. The lowest BCUT2D eigenvalue weighted by atomic mass is 10.2. The minimum absolute atomic E-state index is 0.0171. The van der Waals surface area contributed by atoms with E-state index in [0.29, 0.717) is 11.5 Å². The van der Waals surface area contributed by atoms with Crippen LogP contribution in [0.3, 0.4) is 0 Å². The quantitative estimate of drug-likeness (QED) is 0.699. The summed E-state index contributed by atoms with van der Waals surface area (Å²) in [7, 11) is 0. The predicted octanol–water partition coefficient (Wildman–Crippen LogP) is 0.943. The number of carbonyl (C=O) groups is 2. The molecule has 1 aliphatic rings. The maximum absolute atomic E-state index is 11.8. The number of benzene rings is 1. The highest BCUT2D eigenvalue weighted by atomic mass is 32.1. The fourth-order valence-electron chi connectivity index (χ4n) is 2.16. The van der Waals surface area contributed by atoms with E-state index in [1.165, 1.54) is 11.3 Å². The van der Waals surface area contributed by atoms with Crippen molar-refractivity contribution in [2.75, 3.05) is 13.3 Å². The number of nitrogens with one attached hydrogen (secondary N) is 2. The van der Waals surface area contributed by atoms with Crippen LogP contribution < -0.4 is 20.1 Å². The fraction of sp³-hybridized carbons (Fsp3) is 0.250. The van der Waals surface area contributed by atoms with Crippen LogP contribution in [0.5, 0.6) is 11.5 Å². The van der Waals surface area contributed by atoms with Crippen molar-refractivity contribution in [1.82, 2.24) is 10.6 Å². The third-order valence-corrected chi connectivity index (χ3v) is 4.40. The van der Waals surface area contributed by atoms with Crippen molar-refractivity contribution in [3.8, 4) is 11.5 Å². The first-order chi connectivity index (χ1) is 11.6. The van der Waals surface area contributed by atoms with Crippen LogP contribution in [-0.2, 0) is 16.1 Å². The zero-order chi connectivity index (χ0) is 16.9. The molecule has 0 fully saturated rings. The first kappa shape index (κ1) is 16.3. The zero-order valence-electron chi connectivity index (χ0n) is 12.7. The molecule has 7 nitrogen and oxygen atoms in total. The third kappa shape index (κ3) is 3.84. The molecule has 1 aromatic carbocycles. The van der Waals surface area contributed by atoms with E-state index in [9.17, 15) is 14.7 Å². The maximum Gasteiger partial charge on any atom is 0.309 e. The number of hydrogen-bond donors (Lipinski definition) is 3. The van der Waals surface area contributed by atoms with Crippen LogP contribution in [0.25, 0.3) is 0 Å². The molecule has 2 aromatic rings. The molecule has 3 N–H and O–H groups in total. The lowest BCUT2D eigenvalue weighted by molar-refractivity contribution is -0.139. The van der Waals surface area contributed by atoms with E-state index >= 15 is 0 Å². The van der Waals surface area contributed by atoms with Gasteiger partial charge in [-0.2, -0.15) is 0 Å². The average molecular weight is 348 g/mol. The summed E-state index contributed by atoms with van der Waals surface area (Å²) in [5.41, 5.74) is 0.791. The zero-order valence-corrected chi connectivity index (χ0v) is 13.5. The Kier molecular flexibility index (Phi) is 4.97. The van der Waals surface area contributed by atoms with Crippen LogP contribution in [0.4, 0.5) is 0 Å². The molecular weight excluding hydrogens is 332 g/mol. The second-order valence-electron chi connectivity index (χ2n) is 5.11. The standard InChI is InChI=1S/C16H16N2O5S/c19-11(14-2-1-5-24-14)8-18-16(21)15(20)17-7-10-3-4-12-13(6-10)23-9-22-12/h1-6,11,19H,7-9H2,(H,17,20)(H,18,21)/t11-/m1/s1. The Morgan fingerprint density at radius 2 is 1.96 bits per heavy atom. The van der Waals surface area contributed by atoms with Gasteiger partial charge in [-0.25, -0.2) is 0 Å². The highest BCUT2D eigenvalue weighted by Gasteiger charge is 2.17. The summed E-state index contributed by atoms with van der Waals surface area (Å²) in [5.74, 6) is -0.270. The number of fused-ring (bicyclic) bond motifs is 1. The highest BCUT2D eigenvalue weighted by Crippen LogP contribution is 2.32. The van der Waals surface area contributed by atoms with Gasteiger partial charge >= 0.3 is 11.8 Å². The van der Waals surface area contributed by atoms with Crippen LogP contribution in [0.2, 0.25) is 0 Å². The van der Waals surface area contributed by atoms with Gasteiger partial charge in [0.05, 0.1) is 0 Å². The van der Waals surface area contributed by atoms with Gasteiger partial charge in [-0.05, 0) is 29.1 Å². The molecule has 1 aliphatic heterocycles. The lowest BCUT2D eigenvalue weighted by Gasteiger charge is -2.10. The van der Waals surface area contributed by atoms with Crippen molar-refractivity contribution >= 4 is 23.2 Å². The molecule has 0 unspecified atom stereocenters. The Balaban J connectivity index is 1.45. The van der Waals surface area contributed by atoms with E-state index in [0.717, 1.165) is 10.4 Å². The molecule has 0 saturated carbocycles. The summed E-state index contributed by atoms with van der Waals surface area (Å²) < 4.78 is 10.5. The Bertz CT molecular complexity index is 732. The molecule has 24 heavy (non-hydrogen) atoms. The van der Waals surface area contributed by atoms with E-state index < -0.39 is 17.9 Å². The molecule has 2 amide bonds. The number of aliphatic hydroxyl groups excluding tert-OH is 1. The van der Waals surface area contributed by atoms with Gasteiger partial charge in [0.15, 0.2) is 11.5 Å². The number of amides is 2. The van der Waals surface area contributed by atoms with E-state index in [4.69, 9.17) is 9.47 Å². The molecule has 3 rings (SSSR count). The SMILES string of the molecule is O=C(NCc1ccc2c(c1)OCO2)C(=O)NC[C@@H](O)c1cccs1. The molecular formula is C16H16N2O5S. The first-order valence-corrected chi connectivity index (χ1v) is 8.17. The summed E-state index contributed by atoms with van der Waals surface area (Å²) in [6.07, 6.45) is -0.824. The van der Waals surface area contributed by atoms with Gasteiger partial charge in [0.1, 0.15) is 6.10 Å². The van der Waals surface area contributed by atoms with Crippen LogP contribution >= 0.6 is 11.3 Å². The Labute approximate surface area is 142 Å². The summed E-state index contributed by atoms with van der Waals surface area (Å²) in [6.45, 7) is 0.354. The molecule has 2 heterocycles. The van der Waals surface area contributed by atoms with E-state index in [-0.39, 0.29) is 19.9 Å². The summed E-state index contributed by atoms with van der Waals surface area (Å²) >= 11 is 1.38. The molecule has 0 saturated heterocycles. The van der Waals surface area contributed by atoms with Gasteiger partial charge < -0.3 is 25.2 Å². The third-order valence-electron chi connectivity index (χ3n) is 3.42. The van der Waals surface area contributed by atoms with Crippen LogP contribution in [0, 0.1) is 0 Å². The maximum atomic E-state index is 11.8. The lowest BCUT2D eigenvalue weighted by Crippen LogP contribution is -2.41. The van der Waals surface area contributed by atoms with Gasteiger partial charge in [-0.15, -0.1) is 11.3 Å². The monoisotopic (exact) mass is 348 g/mol. The van der Waals surface area contributed by atoms with Gasteiger partial charge in [-0.1, -0.05) is 12.1 Å². The van der Waals surface area contributed by atoms with Crippen molar-refractivity contribution in [3.63, 3.8) is 0 Å². The van der Waals surface area contributed by atoms with Gasteiger partial charge in [0.25, 0.3) is 0 Å². The van der Waals surface area contributed by atoms with Gasteiger partial charge in [-0.3, -0.25) is 9.59 Å². The minimum atomic E-state index is -0.824. The number of ether oxygens (including phenoxy) is 2. The topological polar surface area (TPSA) is 96.9 Å². The van der Waals surface area contributed by atoms with E-state index in [1.54, 1.807) is 24.3 Å². The molecule has 1 aromatic heterocycles. The van der Waals surface area contributed by atoms with Crippen LogP contribution in [0.1, 0.15) is 16.5 Å². The van der Waals surface area contributed by atoms with Crippen molar-refractivity contribution in [2.45, 2.75) is 12.6 Å². The van der Waals surface area contributed by atoms with Crippen molar-refractivity contribution in [2.24, 2.45) is 0 Å². The fourth-order valence-corrected chi connectivity index (χ4v) is 2.88. The van der Waals surface area contributed by atoms with Crippen LogP contribution in [-0.4, -0.2) is 30.3 Å². The second kappa shape index (κ2) is 7.33. The Hall–Kier alpha value is -2.58. The number of thiophene rings is 1. The summed E-state index contributed by atoms with van der Waals surface area (Å²) in [6, 6.07) is 8.86. The molecule has 126 valence electrons. The average Bonchev–Trinajstić information content (AvgIpc) is 3.27. The van der Waals surface area contributed by atoms with Crippen molar-refractivity contribution < 1.29 is 24.2 Å². The first-order valence-electron chi connectivity index (χ1n) is 7.29. The van der Waals surface area contributed by atoms with E-state index in [1.807, 2.05) is 11.4 Å². The van der Waals surface area contributed by atoms with Gasteiger partial charge in [0, 0.05) is 18.0 Å². The minimum Gasteiger partial charge on any atom is -0.454 e. The molecule has 0 radical (unpaired) electrons. The van der Waals surface area contributed by atoms with Crippen molar-refractivity contribution in [3.05, 3.63) is 46.2 Å². The van der Waals surface area contributed by atoms with Crippen molar-refractivity contribution in [1.29, 1.82) is 0 Å². The number of carbonyl (C=O) groups excluding carboxylic acids is 2. The Morgan fingerprint density at radius 1 is 1.17 bits per heavy atom. The van der Waals surface area contributed by atoms with Crippen LogP contribution in [0.15, 0.2) is 35.7 Å². The Morgan fingerprint density at radius 3 is 2.75 bits per heavy atom. The largest absolute Gasteiger partial charge is 0.454 e. The summed E-state index contributed by atoms with van der Waals surface area (Å²) in [4.78, 5) is 24.3. The molecule has 0 aliphatic carbocycles. The summed E-state index contributed by atoms with van der Waals surface area (Å²) in [5, 5.41) is 16.6. The normalized spacial score (nSPS) is 13.4. The molecule has 0 spiro atoms. The number of aliphatic hydroxyl groups is 1. The van der Waals surface area contributed by atoms with Gasteiger partial charge in [0.2, 0.25) is 6.79 Å². The highest BCUT2D eigenvalue weighted by molar-refractivity contribution is 7.10. The molecule has 0 bridgehead atoms. The smallest absolute Gasteiger partial charge is 0.309 e. The molecule has 8 heteroatoms. The second-order valence-corrected chi connectivity index (χ2v) is 6.09. The number of hydrogen-bond acceptors (Lipinski definition) is 6. The predicted molar refractivity (Wildman–Crippen MR) is 86.7 cm³/mol.